The van der Waals surface area contributed by atoms with Crippen LogP contribution in [0.25, 0.3) is 0 Å². The lowest BCUT2D eigenvalue weighted by molar-refractivity contribution is -0.384. The van der Waals surface area contributed by atoms with E-state index in [-0.39, 0.29) is 36.1 Å². The van der Waals surface area contributed by atoms with Crippen LogP contribution in [0.2, 0.25) is 0 Å². The second-order valence-electron chi connectivity index (χ2n) is 11.0. The first-order chi connectivity index (χ1) is 23.5. The SMILES string of the molecule is CCOC(=O)c1ccc(NC(=O)Cn2c3c(sc2=O)[C@@H](c2ccc(O)c(OCC)c2)C2C(=O)N(c4ccc([N+](=O)[O-])cc4)C(=O)C2S3)cc1. The van der Waals surface area contributed by atoms with Gasteiger partial charge < -0.3 is 19.9 Å². The van der Waals surface area contributed by atoms with Gasteiger partial charge >= 0.3 is 10.8 Å². The second kappa shape index (κ2) is 13.6. The molecule has 3 heterocycles. The minimum atomic E-state index is -1.01. The monoisotopic (exact) mass is 704 g/mol. The number of phenols is 1. The Kier molecular flexibility index (Phi) is 9.25. The number of esters is 1. The predicted molar refractivity (Wildman–Crippen MR) is 179 cm³/mol. The van der Waals surface area contributed by atoms with E-state index in [0.717, 1.165) is 28.0 Å². The van der Waals surface area contributed by atoms with Crippen molar-refractivity contribution in [3.05, 3.63) is 103 Å². The summed E-state index contributed by atoms with van der Waals surface area (Å²) >= 11 is 1.86. The molecule has 2 aliphatic rings. The summed E-state index contributed by atoms with van der Waals surface area (Å²) < 4.78 is 11.8. The summed E-state index contributed by atoms with van der Waals surface area (Å²) in [6.07, 6.45) is 0. The molecule has 6 rings (SSSR count). The molecule has 3 atom stereocenters. The third-order valence-corrected chi connectivity index (χ3v) is 10.6. The lowest BCUT2D eigenvalue weighted by Gasteiger charge is -2.31. The zero-order valence-electron chi connectivity index (χ0n) is 26.0. The number of hydrogen-bond acceptors (Lipinski definition) is 12. The van der Waals surface area contributed by atoms with Crippen LogP contribution in [0.3, 0.4) is 0 Å². The summed E-state index contributed by atoms with van der Waals surface area (Å²) in [6.45, 7) is 3.48. The largest absolute Gasteiger partial charge is 0.504 e. The molecule has 2 N–H and O–H groups in total. The molecule has 0 aliphatic carbocycles. The number of fused-ring (bicyclic) bond motifs is 2. The molecule has 1 fully saturated rings. The van der Waals surface area contributed by atoms with Gasteiger partial charge in [0.1, 0.15) is 11.8 Å². The van der Waals surface area contributed by atoms with Crippen LogP contribution in [-0.2, 0) is 25.7 Å². The number of aromatic hydroxyl groups is 1. The van der Waals surface area contributed by atoms with Crippen LogP contribution in [0.15, 0.2) is 76.6 Å². The fourth-order valence-electron chi connectivity index (χ4n) is 5.84. The molecule has 0 spiro atoms. The number of phenolic OH excluding ortho intramolecular Hbond substituents is 1. The summed E-state index contributed by atoms with van der Waals surface area (Å²) in [5, 5.41) is 23.7. The van der Waals surface area contributed by atoms with Crippen molar-refractivity contribution < 1.29 is 38.7 Å². The predicted octanol–water partition coefficient (Wildman–Crippen LogP) is 4.53. The van der Waals surface area contributed by atoms with Gasteiger partial charge in [-0.05, 0) is 67.9 Å². The number of rotatable bonds is 10. The van der Waals surface area contributed by atoms with Crippen molar-refractivity contribution in [2.75, 3.05) is 23.4 Å². The number of thioether (sulfide) groups is 1. The molecule has 1 aromatic heterocycles. The molecular weight excluding hydrogens is 677 g/mol. The highest BCUT2D eigenvalue weighted by molar-refractivity contribution is 8.00. The maximum Gasteiger partial charge on any atom is 0.338 e. The number of thiazole rings is 1. The molecule has 2 aliphatic heterocycles. The number of benzene rings is 3. The Bertz CT molecular complexity index is 2040. The molecule has 3 amide bonds. The smallest absolute Gasteiger partial charge is 0.338 e. The topological polar surface area (TPSA) is 187 Å². The number of nitro groups is 1. The van der Waals surface area contributed by atoms with Crippen LogP contribution in [-0.4, -0.2) is 56.8 Å². The molecular formula is C33H28N4O10S2. The highest BCUT2D eigenvalue weighted by Crippen LogP contribution is 2.54. The number of carbonyl (C=O) groups excluding carboxylic acids is 4. The van der Waals surface area contributed by atoms with E-state index in [9.17, 15) is 39.2 Å². The number of non-ortho nitro benzene ring substituents is 1. The Morgan fingerprint density at radius 2 is 1.69 bits per heavy atom. The fraction of sp³-hybridized carbons (Fsp3) is 0.242. The lowest BCUT2D eigenvalue weighted by atomic mass is 9.83. The average Bonchev–Trinajstić information content (AvgIpc) is 3.52. The van der Waals surface area contributed by atoms with E-state index >= 15 is 0 Å². The standard InChI is InChI=1S/C33H28N4O10S2/c1-3-46-23-15-18(7-14-22(23)38)25-26-27(30(41)36(29(26)40)20-10-12-21(13-11-20)37(44)45)48-31-28(25)49-33(43)35(31)16-24(39)34-19-8-5-17(6-9-19)32(42)47-4-2/h5-15,25-27,38H,3-4,16H2,1-2H3,(H,34,39)/t25-,26?,27?/m0/s1. The molecule has 3 aromatic carbocycles. The van der Waals surface area contributed by atoms with Crippen molar-refractivity contribution in [3.8, 4) is 11.5 Å². The summed E-state index contributed by atoms with van der Waals surface area (Å²) in [5.41, 5.74) is 1.14. The summed E-state index contributed by atoms with van der Waals surface area (Å²) in [5.74, 6) is -3.99. The van der Waals surface area contributed by atoms with Gasteiger partial charge in [0, 0.05) is 28.6 Å². The van der Waals surface area contributed by atoms with Gasteiger partial charge in [-0.1, -0.05) is 29.2 Å². The summed E-state index contributed by atoms with van der Waals surface area (Å²) in [6, 6.07) is 15.7. The van der Waals surface area contributed by atoms with Crippen molar-refractivity contribution in [2.24, 2.45) is 5.92 Å². The van der Waals surface area contributed by atoms with Gasteiger partial charge in [0.05, 0.1) is 40.3 Å². The van der Waals surface area contributed by atoms with Crippen LogP contribution >= 0.6 is 23.1 Å². The number of aromatic nitrogens is 1. The normalized spacial score (nSPS) is 18.1. The number of carbonyl (C=O) groups is 4. The third-order valence-electron chi connectivity index (χ3n) is 7.99. The van der Waals surface area contributed by atoms with Crippen molar-refractivity contribution in [2.45, 2.75) is 36.6 Å². The van der Waals surface area contributed by atoms with Crippen molar-refractivity contribution in [3.63, 3.8) is 0 Å². The van der Waals surface area contributed by atoms with Gasteiger partial charge in [0.2, 0.25) is 17.7 Å². The van der Waals surface area contributed by atoms with Gasteiger partial charge in [-0.25, -0.2) is 9.69 Å². The minimum absolute atomic E-state index is 0.133. The molecule has 49 heavy (non-hydrogen) atoms. The molecule has 0 bridgehead atoms. The van der Waals surface area contributed by atoms with Crippen molar-refractivity contribution in [1.29, 1.82) is 0 Å². The van der Waals surface area contributed by atoms with Crippen LogP contribution < -0.4 is 19.8 Å². The molecule has 4 aromatic rings. The van der Waals surface area contributed by atoms with Crippen LogP contribution in [0.5, 0.6) is 11.5 Å². The van der Waals surface area contributed by atoms with Gasteiger partial charge in [0.15, 0.2) is 11.5 Å². The average molecular weight is 705 g/mol. The highest BCUT2D eigenvalue weighted by Gasteiger charge is 2.57. The molecule has 1 saturated heterocycles. The first-order valence-electron chi connectivity index (χ1n) is 15.1. The molecule has 2 unspecified atom stereocenters. The van der Waals surface area contributed by atoms with E-state index in [0.29, 0.717) is 26.7 Å². The molecule has 0 radical (unpaired) electrons. The number of imide groups is 1. The van der Waals surface area contributed by atoms with Crippen LogP contribution in [0.4, 0.5) is 17.1 Å². The molecule has 14 nitrogen and oxygen atoms in total. The maximum absolute atomic E-state index is 14.1. The number of amides is 3. The number of anilines is 2. The quantitative estimate of drug-likeness (QED) is 0.102. The van der Waals surface area contributed by atoms with Gasteiger partial charge in [0.25, 0.3) is 5.69 Å². The van der Waals surface area contributed by atoms with Crippen LogP contribution in [0.1, 0.15) is 40.6 Å². The number of hydrogen-bond donors (Lipinski definition) is 2. The number of ether oxygens (including phenoxy) is 2. The van der Waals surface area contributed by atoms with E-state index in [1.807, 2.05) is 0 Å². The Labute approximate surface area is 286 Å². The number of nitrogens with zero attached hydrogens (tertiary/aromatic N) is 3. The van der Waals surface area contributed by atoms with E-state index in [4.69, 9.17) is 9.47 Å². The first kappa shape index (κ1) is 33.4. The zero-order chi connectivity index (χ0) is 35.0. The molecule has 252 valence electrons. The van der Waals surface area contributed by atoms with E-state index < -0.39 is 57.1 Å². The Morgan fingerprint density at radius 1 is 0.980 bits per heavy atom. The number of nitro benzene ring substituents is 1. The number of nitrogens with one attached hydrogen (secondary N) is 1. The van der Waals surface area contributed by atoms with E-state index in [1.54, 1.807) is 26.0 Å². The van der Waals surface area contributed by atoms with Gasteiger partial charge in [-0.15, -0.1) is 0 Å². The minimum Gasteiger partial charge on any atom is -0.504 e. The highest BCUT2D eigenvalue weighted by atomic mass is 32.2. The molecule has 16 heteroatoms. The maximum atomic E-state index is 14.1. The Morgan fingerprint density at radius 3 is 2.35 bits per heavy atom. The van der Waals surface area contributed by atoms with Gasteiger partial charge in [-0.3, -0.25) is 33.9 Å². The Balaban J connectivity index is 1.36. The summed E-state index contributed by atoms with van der Waals surface area (Å²) in [7, 11) is 0. The Hall–Kier alpha value is -5.48. The lowest BCUT2D eigenvalue weighted by Crippen LogP contribution is -2.33. The van der Waals surface area contributed by atoms with Crippen molar-refractivity contribution >= 4 is 63.9 Å². The fourth-order valence-corrected chi connectivity index (χ4v) is 8.61. The van der Waals surface area contributed by atoms with E-state index in [1.165, 1.54) is 59.2 Å². The zero-order valence-corrected chi connectivity index (χ0v) is 27.6. The first-order valence-corrected chi connectivity index (χ1v) is 16.8. The van der Waals surface area contributed by atoms with Crippen LogP contribution in [0, 0.1) is 16.0 Å². The van der Waals surface area contributed by atoms with Crippen molar-refractivity contribution in [1.82, 2.24) is 4.57 Å². The van der Waals surface area contributed by atoms with E-state index in [2.05, 4.69) is 5.32 Å². The molecule has 0 saturated carbocycles. The third kappa shape index (κ3) is 6.27. The second-order valence-corrected chi connectivity index (χ2v) is 13.1. The van der Waals surface area contributed by atoms with Gasteiger partial charge in [-0.2, -0.15) is 0 Å². The summed E-state index contributed by atoms with van der Waals surface area (Å²) in [4.78, 5) is 78.4.